The summed E-state index contributed by atoms with van der Waals surface area (Å²) < 4.78 is 38.3. The lowest BCUT2D eigenvalue weighted by Crippen LogP contribution is -2.40. The third kappa shape index (κ3) is 8.47. The first-order valence-electron chi connectivity index (χ1n) is 11.8. The molecule has 1 aromatic heterocycles. The van der Waals surface area contributed by atoms with Gasteiger partial charge < -0.3 is 20.7 Å². The molecule has 3 rings (SSSR count). The number of nitrogens with zero attached hydrogens (tertiary/aromatic N) is 2. The monoisotopic (exact) mass is 522 g/mol. The molecule has 4 N–H and O–H groups in total. The van der Waals surface area contributed by atoms with Gasteiger partial charge in [0.15, 0.2) is 0 Å². The molecule has 0 saturated heterocycles. The number of nitriles is 1. The lowest BCUT2D eigenvalue weighted by molar-refractivity contribution is -0.137. The van der Waals surface area contributed by atoms with Gasteiger partial charge in [0, 0.05) is 19.1 Å². The Morgan fingerprint density at radius 1 is 1.16 bits per heavy atom. The van der Waals surface area contributed by atoms with E-state index in [1.807, 2.05) is 43.3 Å². The Bertz CT molecular complexity index is 1300. The minimum absolute atomic E-state index is 0.0696. The number of halogens is 3. The summed E-state index contributed by atoms with van der Waals surface area (Å²) in [6.07, 6.45) is -1.89. The second-order valence-corrected chi connectivity index (χ2v) is 8.67. The third-order valence-electron chi connectivity index (χ3n) is 5.68. The smallest absolute Gasteiger partial charge is 0.427 e. The zero-order valence-corrected chi connectivity index (χ0v) is 20.5. The summed E-state index contributed by atoms with van der Waals surface area (Å²) in [5.41, 5.74) is 2.64. The van der Waals surface area contributed by atoms with Crippen LogP contribution in [0.3, 0.4) is 0 Å². The van der Waals surface area contributed by atoms with Crippen molar-refractivity contribution >= 4 is 24.8 Å². The first kappa shape index (κ1) is 28.4. The molecule has 11 heteroatoms. The molecule has 196 valence electrons. The largest absolute Gasteiger partial charge is 0.453 e. The highest BCUT2D eigenvalue weighted by atomic mass is 19.4. The molecule has 0 aliphatic rings. The van der Waals surface area contributed by atoms with Crippen LogP contribution in [0.15, 0.2) is 66.9 Å². The number of benzene rings is 2. The maximum atomic E-state index is 12.8. The number of alkyl halides is 3. The first-order chi connectivity index (χ1) is 18.0. The topological polar surface area (TPSA) is 118 Å². The number of urea groups is 1. The van der Waals surface area contributed by atoms with Gasteiger partial charge in [0.2, 0.25) is 0 Å². The van der Waals surface area contributed by atoms with Crippen LogP contribution >= 0.6 is 0 Å². The van der Waals surface area contributed by atoms with E-state index < -0.39 is 30.9 Å². The quantitative estimate of drug-likeness (QED) is 0.243. The van der Waals surface area contributed by atoms with Crippen molar-refractivity contribution in [3.63, 3.8) is 0 Å². The van der Waals surface area contributed by atoms with E-state index in [4.69, 9.17) is 0 Å². The van der Waals surface area contributed by atoms with Gasteiger partial charge in [0.25, 0.3) is 0 Å². The van der Waals surface area contributed by atoms with E-state index in [9.17, 15) is 33.3 Å². The molecule has 0 fully saturated rings. The Morgan fingerprint density at radius 2 is 1.89 bits per heavy atom. The minimum Gasteiger partial charge on any atom is -0.427 e. The number of allylic oxidation sites excluding steroid dienone is 1. The molecule has 1 heterocycles. The Labute approximate surface area is 218 Å². The molecular weight excluding hydrogens is 496 g/mol. The van der Waals surface area contributed by atoms with Crippen molar-refractivity contribution in [3.05, 3.63) is 100 Å². The van der Waals surface area contributed by atoms with Gasteiger partial charge in [-0.15, -0.1) is 0 Å². The van der Waals surface area contributed by atoms with Crippen LogP contribution in [0, 0.1) is 18.3 Å². The second kappa shape index (κ2) is 12.9. The Kier molecular flexibility index (Phi) is 9.65. The fraction of sp³-hybridized carbons (Fsp3) is 0.222. The highest BCUT2D eigenvalue weighted by Gasteiger charge is 2.30. The normalized spacial score (nSPS) is 12.4. The van der Waals surface area contributed by atoms with Crippen LogP contribution in [0.2, 0.25) is 6.32 Å². The maximum absolute atomic E-state index is 12.8. The van der Waals surface area contributed by atoms with Crippen molar-refractivity contribution in [1.82, 2.24) is 15.6 Å². The molecule has 2 aromatic carbocycles. The number of aromatic nitrogens is 1. The Hall–Kier alpha value is -4.14. The summed E-state index contributed by atoms with van der Waals surface area (Å²) in [5, 5.41) is 33.8. The Balaban J connectivity index is 1.61. The van der Waals surface area contributed by atoms with Gasteiger partial charge in [-0.3, -0.25) is 4.98 Å². The molecule has 2 amide bonds. The first-order valence-corrected chi connectivity index (χ1v) is 11.8. The van der Waals surface area contributed by atoms with E-state index in [1.165, 1.54) is 6.08 Å². The van der Waals surface area contributed by atoms with Crippen molar-refractivity contribution in [2.45, 2.75) is 31.9 Å². The molecule has 0 saturated carbocycles. The number of hydrogen-bond donors (Lipinski definition) is 4. The molecule has 0 aliphatic heterocycles. The Morgan fingerprint density at radius 3 is 2.50 bits per heavy atom. The highest BCUT2D eigenvalue weighted by Crippen LogP contribution is 2.29. The van der Waals surface area contributed by atoms with Crippen LogP contribution in [0.1, 0.15) is 39.6 Å². The summed E-state index contributed by atoms with van der Waals surface area (Å²) >= 11 is 0. The van der Waals surface area contributed by atoms with E-state index >= 15 is 0 Å². The molecule has 0 aliphatic carbocycles. The summed E-state index contributed by atoms with van der Waals surface area (Å²) in [6, 6.07) is 17.5. The molecule has 7 nitrogen and oxygen atoms in total. The number of aryl methyl sites for hydroxylation is 1. The maximum Gasteiger partial charge on any atom is 0.453 e. The number of carbonyl (C=O) groups is 1. The number of carbonyl (C=O) groups excluding carboxylic acids is 1. The van der Waals surface area contributed by atoms with E-state index in [1.54, 1.807) is 18.2 Å². The fourth-order valence-corrected chi connectivity index (χ4v) is 3.71. The summed E-state index contributed by atoms with van der Waals surface area (Å²) in [4.78, 5) is 16.2. The molecular formula is C27H26BF3N4O3. The molecule has 38 heavy (non-hydrogen) atoms. The van der Waals surface area contributed by atoms with Crippen molar-refractivity contribution in [1.29, 1.82) is 5.26 Å². The van der Waals surface area contributed by atoms with Crippen LogP contribution in [-0.4, -0.2) is 34.7 Å². The highest BCUT2D eigenvalue weighted by molar-refractivity contribution is 6.41. The van der Waals surface area contributed by atoms with Crippen molar-refractivity contribution in [3.8, 4) is 6.07 Å². The lowest BCUT2D eigenvalue weighted by Gasteiger charge is -2.19. The standard InChI is InChI=1S/C27H26BF3N4O3/c1-18-5-7-21(8-6-18)25(15-28(37)38)35-26(36)33-12-11-19-3-2-4-20(13-19)14-22(16-32)24-10-9-23(17-34-24)27(29,30)31/h2-10,13-14,17,25,37-38H,11-12,15H2,1H3,(H2,33,35,36)/t25-/m0/s1. The predicted molar refractivity (Wildman–Crippen MR) is 138 cm³/mol. The summed E-state index contributed by atoms with van der Waals surface area (Å²) in [5.74, 6) is 0. The number of amides is 2. The minimum atomic E-state index is -4.51. The summed E-state index contributed by atoms with van der Waals surface area (Å²) in [7, 11) is -1.59. The molecule has 0 unspecified atom stereocenters. The fourth-order valence-electron chi connectivity index (χ4n) is 3.71. The van der Waals surface area contributed by atoms with Gasteiger partial charge in [-0.25, -0.2) is 4.79 Å². The SMILES string of the molecule is Cc1ccc([C@H](CB(O)O)NC(=O)NCCc2cccc(C=C(C#N)c3ccc(C(F)(F)F)cn3)c2)cc1. The average Bonchev–Trinajstić information content (AvgIpc) is 2.87. The number of hydrogen-bond acceptors (Lipinski definition) is 5. The third-order valence-corrected chi connectivity index (χ3v) is 5.68. The van der Waals surface area contributed by atoms with E-state index in [-0.39, 0.29) is 24.1 Å². The zero-order chi connectivity index (χ0) is 27.7. The number of pyridine rings is 1. The van der Waals surface area contributed by atoms with Gasteiger partial charge in [0.1, 0.15) is 6.07 Å². The van der Waals surface area contributed by atoms with E-state index in [2.05, 4.69) is 15.6 Å². The average molecular weight is 522 g/mol. The zero-order valence-electron chi connectivity index (χ0n) is 20.5. The lowest BCUT2D eigenvalue weighted by atomic mass is 9.79. The van der Waals surface area contributed by atoms with Crippen LogP contribution in [0.5, 0.6) is 0 Å². The molecule has 0 bridgehead atoms. The van der Waals surface area contributed by atoms with Gasteiger partial charge in [-0.2, -0.15) is 18.4 Å². The molecule has 0 radical (unpaired) electrons. The van der Waals surface area contributed by atoms with Crippen LogP contribution in [-0.2, 0) is 12.6 Å². The van der Waals surface area contributed by atoms with E-state index in [0.29, 0.717) is 18.2 Å². The molecule has 1 atom stereocenters. The van der Waals surface area contributed by atoms with Gasteiger partial charge in [0.05, 0.1) is 22.9 Å². The number of nitrogens with one attached hydrogen (secondary N) is 2. The van der Waals surface area contributed by atoms with Crippen LogP contribution in [0.25, 0.3) is 11.6 Å². The van der Waals surface area contributed by atoms with Gasteiger partial charge >= 0.3 is 19.3 Å². The van der Waals surface area contributed by atoms with Gasteiger partial charge in [-0.1, -0.05) is 54.1 Å². The molecule has 0 spiro atoms. The van der Waals surface area contributed by atoms with Crippen LogP contribution < -0.4 is 10.6 Å². The van der Waals surface area contributed by atoms with Crippen LogP contribution in [0.4, 0.5) is 18.0 Å². The van der Waals surface area contributed by atoms with E-state index in [0.717, 1.165) is 28.8 Å². The van der Waals surface area contributed by atoms with Crippen molar-refractivity contribution < 1.29 is 28.0 Å². The van der Waals surface area contributed by atoms with Crippen molar-refractivity contribution in [2.24, 2.45) is 0 Å². The molecule has 3 aromatic rings. The summed E-state index contributed by atoms with van der Waals surface area (Å²) in [6.45, 7) is 2.21. The number of rotatable bonds is 9. The second-order valence-electron chi connectivity index (χ2n) is 8.67. The van der Waals surface area contributed by atoms with Crippen molar-refractivity contribution in [2.75, 3.05) is 6.54 Å². The predicted octanol–water partition coefficient (Wildman–Crippen LogP) is 4.53. The van der Waals surface area contributed by atoms with Gasteiger partial charge in [-0.05, 0) is 48.2 Å².